The van der Waals surface area contributed by atoms with Crippen molar-refractivity contribution in [1.82, 2.24) is 5.32 Å². The van der Waals surface area contributed by atoms with E-state index in [1.165, 1.54) is 0 Å². The van der Waals surface area contributed by atoms with Gasteiger partial charge in [0.2, 0.25) is 5.91 Å². The summed E-state index contributed by atoms with van der Waals surface area (Å²) in [6, 6.07) is 3.63. The number of amides is 1. The molecule has 5 nitrogen and oxygen atoms in total. The van der Waals surface area contributed by atoms with Crippen molar-refractivity contribution >= 4 is 11.9 Å². The molecule has 1 atom stereocenters. The molecule has 2 rings (SSSR count). The maximum atomic E-state index is 11.3. The number of hydrogen-bond acceptors (Lipinski definition) is 3. The van der Waals surface area contributed by atoms with Crippen molar-refractivity contribution < 1.29 is 19.1 Å². The number of nitrogens with one attached hydrogen (secondary N) is 1. The van der Waals surface area contributed by atoms with Gasteiger partial charge in [0.15, 0.2) is 0 Å². The molecule has 0 aliphatic carbocycles. The van der Waals surface area contributed by atoms with E-state index in [1.54, 1.807) is 12.3 Å². The molecule has 0 aromatic carbocycles. The van der Waals surface area contributed by atoms with Crippen LogP contribution in [0.3, 0.4) is 0 Å². The highest BCUT2D eigenvalue weighted by Crippen LogP contribution is 2.29. The van der Waals surface area contributed by atoms with Gasteiger partial charge in [-0.25, -0.2) is 0 Å². The number of furan rings is 1. The maximum absolute atomic E-state index is 11.3. The topological polar surface area (TPSA) is 79.5 Å². The number of carbonyl (C=O) groups is 2. The lowest BCUT2D eigenvalue weighted by Crippen LogP contribution is -2.43. The maximum Gasteiger partial charge on any atom is 0.303 e. The SMILES string of the molecule is O=C(O)CCC1(Cc2ccco2)CCC(=O)N1. The van der Waals surface area contributed by atoms with Crippen LogP contribution in [0.1, 0.15) is 31.4 Å². The smallest absolute Gasteiger partial charge is 0.303 e. The van der Waals surface area contributed by atoms with E-state index in [1.807, 2.05) is 6.07 Å². The van der Waals surface area contributed by atoms with Gasteiger partial charge in [-0.1, -0.05) is 0 Å². The van der Waals surface area contributed by atoms with Gasteiger partial charge in [0.25, 0.3) is 0 Å². The molecule has 1 amide bonds. The molecule has 92 valence electrons. The summed E-state index contributed by atoms with van der Waals surface area (Å²) in [5.74, 6) is -0.0792. The van der Waals surface area contributed by atoms with Gasteiger partial charge in [-0.2, -0.15) is 0 Å². The van der Waals surface area contributed by atoms with E-state index in [-0.39, 0.29) is 12.3 Å². The predicted octanol–water partition coefficient (Wildman–Crippen LogP) is 1.34. The minimum absolute atomic E-state index is 0.0121. The molecular weight excluding hydrogens is 222 g/mol. The van der Waals surface area contributed by atoms with Crippen LogP contribution in [0.4, 0.5) is 0 Å². The van der Waals surface area contributed by atoms with Crippen molar-refractivity contribution in [3.8, 4) is 0 Å². The van der Waals surface area contributed by atoms with Crippen molar-refractivity contribution in [1.29, 1.82) is 0 Å². The average molecular weight is 237 g/mol. The first kappa shape index (κ1) is 11.7. The van der Waals surface area contributed by atoms with Gasteiger partial charge in [-0.05, 0) is 25.0 Å². The normalized spacial score (nSPS) is 23.6. The molecule has 1 saturated heterocycles. The van der Waals surface area contributed by atoms with E-state index in [0.29, 0.717) is 25.7 Å². The van der Waals surface area contributed by atoms with Crippen LogP contribution in [0.2, 0.25) is 0 Å². The Morgan fingerprint density at radius 2 is 2.41 bits per heavy atom. The lowest BCUT2D eigenvalue weighted by Gasteiger charge is -2.27. The zero-order valence-electron chi connectivity index (χ0n) is 9.44. The van der Waals surface area contributed by atoms with Crippen LogP contribution in [0, 0.1) is 0 Å². The fourth-order valence-electron chi connectivity index (χ4n) is 2.27. The summed E-state index contributed by atoms with van der Waals surface area (Å²) in [4.78, 5) is 22.0. The Labute approximate surface area is 98.8 Å². The van der Waals surface area contributed by atoms with Gasteiger partial charge < -0.3 is 14.8 Å². The van der Waals surface area contributed by atoms with Gasteiger partial charge in [0, 0.05) is 24.8 Å². The Kier molecular flexibility index (Phi) is 3.17. The van der Waals surface area contributed by atoms with Crippen molar-refractivity contribution in [2.75, 3.05) is 0 Å². The van der Waals surface area contributed by atoms with Crippen LogP contribution in [0.5, 0.6) is 0 Å². The van der Waals surface area contributed by atoms with E-state index in [2.05, 4.69) is 5.32 Å². The van der Waals surface area contributed by atoms with Crippen LogP contribution in [-0.4, -0.2) is 22.5 Å². The number of aliphatic carboxylic acids is 1. The summed E-state index contributed by atoms with van der Waals surface area (Å²) >= 11 is 0. The number of carboxylic acid groups (broad SMARTS) is 1. The van der Waals surface area contributed by atoms with Crippen LogP contribution < -0.4 is 5.32 Å². The van der Waals surface area contributed by atoms with E-state index < -0.39 is 11.5 Å². The summed E-state index contributed by atoms with van der Waals surface area (Å²) in [7, 11) is 0. The Morgan fingerprint density at radius 1 is 1.59 bits per heavy atom. The molecule has 1 aromatic heterocycles. The first-order valence-electron chi connectivity index (χ1n) is 5.65. The Hall–Kier alpha value is -1.78. The Morgan fingerprint density at radius 3 is 2.94 bits per heavy atom. The first-order chi connectivity index (χ1) is 8.10. The molecule has 5 heteroatoms. The molecule has 0 spiro atoms. The predicted molar refractivity (Wildman–Crippen MR) is 59.4 cm³/mol. The standard InChI is InChI=1S/C12H15NO4/c14-10-3-5-12(13-10,6-4-11(15)16)8-9-2-1-7-17-9/h1-2,7H,3-6,8H2,(H,13,14)(H,15,16). The monoisotopic (exact) mass is 237 g/mol. The van der Waals surface area contributed by atoms with Gasteiger partial charge in [0.1, 0.15) is 5.76 Å². The van der Waals surface area contributed by atoms with Crippen molar-refractivity contribution in [3.05, 3.63) is 24.2 Å². The number of hydrogen-bond donors (Lipinski definition) is 2. The second-order valence-electron chi connectivity index (χ2n) is 4.48. The summed E-state index contributed by atoms with van der Waals surface area (Å²) in [5, 5.41) is 11.6. The molecule has 1 aromatic rings. The number of carboxylic acids is 1. The third-order valence-electron chi connectivity index (χ3n) is 3.15. The van der Waals surface area contributed by atoms with E-state index >= 15 is 0 Å². The first-order valence-corrected chi connectivity index (χ1v) is 5.65. The minimum atomic E-state index is -0.843. The summed E-state index contributed by atoms with van der Waals surface area (Å²) in [5.41, 5.74) is -0.451. The molecule has 1 aliphatic rings. The van der Waals surface area contributed by atoms with Crippen molar-refractivity contribution in [2.24, 2.45) is 0 Å². The second kappa shape index (κ2) is 4.61. The summed E-state index contributed by atoms with van der Waals surface area (Å²) < 4.78 is 5.26. The lowest BCUT2D eigenvalue weighted by atomic mass is 9.87. The molecule has 1 fully saturated rings. The van der Waals surface area contributed by atoms with Crippen LogP contribution in [0.15, 0.2) is 22.8 Å². The zero-order chi connectivity index (χ0) is 12.3. The Bertz CT molecular complexity index is 412. The number of carbonyl (C=O) groups excluding carboxylic acids is 1. The average Bonchev–Trinajstić information content (AvgIpc) is 2.87. The fraction of sp³-hybridized carbons (Fsp3) is 0.500. The highest BCUT2D eigenvalue weighted by molar-refractivity contribution is 5.79. The lowest BCUT2D eigenvalue weighted by molar-refractivity contribution is -0.137. The van der Waals surface area contributed by atoms with Gasteiger partial charge in [0.05, 0.1) is 6.26 Å². The quantitative estimate of drug-likeness (QED) is 0.809. The molecule has 0 radical (unpaired) electrons. The molecule has 1 unspecified atom stereocenters. The van der Waals surface area contributed by atoms with Crippen LogP contribution in [0.25, 0.3) is 0 Å². The van der Waals surface area contributed by atoms with E-state index in [4.69, 9.17) is 9.52 Å². The Balaban J connectivity index is 2.07. The van der Waals surface area contributed by atoms with Gasteiger partial charge in [-0.3, -0.25) is 9.59 Å². The van der Waals surface area contributed by atoms with Gasteiger partial charge in [-0.15, -0.1) is 0 Å². The van der Waals surface area contributed by atoms with Crippen LogP contribution >= 0.6 is 0 Å². The van der Waals surface area contributed by atoms with E-state index in [9.17, 15) is 9.59 Å². The molecule has 17 heavy (non-hydrogen) atoms. The molecular formula is C12H15NO4. The highest BCUT2D eigenvalue weighted by atomic mass is 16.4. The fourth-order valence-corrected chi connectivity index (χ4v) is 2.27. The van der Waals surface area contributed by atoms with Crippen molar-refractivity contribution in [2.45, 2.75) is 37.6 Å². The zero-order valence-corrected chi connectivity index (χ0v) is 9.44. The molecule has 2 heterocycles. The minimum Gasteiger partial charge on any atom is -0.481 e. The molecule has 2 N–H and O–H groups in total. The van der Waals surface area contributed by atoms with Gasteiger partial charge >= 0.3 is 5.97 Å². The van der Waals surface area contributed by atoms with E-state index in [0.717, 1.165) is 5.76 Å². The highest BCUT2D eigenvalue weighted by Gasteiger charge is 2.38. The third kappa shape index (κ3) is 2.87. The third-order valence-corrected chi connectivity index (χ3v) is 3.15. The largest absolute Gasteiger partial charge is 0.481 e. The summed E-state index contributed by atoms with van der Waals surface area (Å²) in [6.45, 7) is 0. The molecule has 1 aliphatic heterocycles. The second-order valence-corrected chi connectivity index (χ2v) is 4.48. The molecule has 0 saturated carbocycles. The van der Waals surface area contributed by atoms with Crippen molar-refractivity contribution in [3.63, 3.8) is 0 Å². The number of rotatable bonds is 5. The van der Waals surface area contributed by atoms with Crippen LogP contribution in [-0.2, 0) is 16.0 Å². The summed E-state index contributed by atoms with van der Waals surface area (Å²) in [6.07, 6.45) is 3.76. The molecule has 0 bridgehead atoms.